The molecule has 1 amide bonds. The molecule has 2 saturated heterocycles. The summed E-state index contributed by atoms with van der Waals surface area (Å²) < 4.78 is 0. The van der Waals surface area contributed by atoms with Crippen LogP contribution in [-0.4, -0.2) is 46.8 Å². The zero-order valence-electron chi connectivity index (χ0n) is 12.1. The Hall–Kier alpha value is -1.33. The standard InChI is InChI=1S/C15H21BN2O2/c1-11-5-3-4-6-12(11)15-13-7-8-14(19)17(13)9-10-18(15)16(2)20/h3-6,13,15,20H,7-10H2,1-2H3. The molecule has 0 aromatic heterocycles. The first-order valence-electron chi connectivity index (χ1n) is 7.38. The molecule has 5 heteroatoms. The van der Waals surface area contributed by atoms with Crippen molar-refractivity contribution >= 4 is 13.0 Å². The summed E-state index contributed by atoms with van der Waals surface area (Å²) in [6, 6.07) is 8.61. The average Bonchev–Trinajstić information content (AvgIpc) is 2.80. The molecular weight excluding hydrogens is 251 g/mol. The number of benzene rings is 1. The molecule has 2 aliphatic heterocycles. The Labute approximate surface area is 120 Å². The van der Waals surface area contributed by atoms with Crippen LogP contribution in [0.4, 0.5) is 0 Å². The molecule has 0 radical (unpaired) electrons. The maximum atomic E-state index is 12.0. The first-order chi connectivity index (χ1) is 9.59. The summed E-state index contributed by atoms with van der Waals surface area (Å²) in [6.07, 6.45) is 1.53. The van der Waals surface area contributed by atoms with Crippen molar-refractivity contribution in [1.29, 1.82) is 0 Å². The van der Waals surface area contributed by atoms with E-state index >= 15 is 0 Å². The van der Waals surface area contributed by atoms with Gasteiger partial charge in [-0.05, 0) is 31.3 Å². The Morgan fingerprint density at radius 3 is 2.75 bits per heavy atom. The average molecular weight is 272 g/mol. The van der Waals surface area contributed by atoms with Crippen molar-refractivity contribution in [3.8, 4) is 0 Å². The lowest BCUT2D eigenvalue weighted by Gasteiger charge is -2.46. The maximum Gasteiger partial charge on any atom is 0.377 e. The van der Waals surface area contributed by atoms with E-state index in [0.717, 1.165) is 19.5 Å². The predicted octanol–water partition coefficient (Wildman–Crippen LogP) is 1.45. The van der Waals surface area contributed by atoms with Crippen LogP contribution < -0.4 is 0 Å². The summed E-state index contributed by atoms with van der Waals surface area (Å²) in [5.41, 5.74) is 2.46. The molecule has 0 saturated carbocycles. The molecule has 0 spiro atoms. The maximum absolute atomic E-state index is 12.0. The minimum Gasteiger partial charge on any atom is -0.437 e. The topological polar surface area (TPSA) is 43.8 Å². The summed E-state index contributed by atoms with van der Waals surface area (Å²) in [6.45, 7) is 5.39. The van der Waals surface area contributed by atoms with Gasteiger partial charge in [0.05, 0.1) is 6.04 Å². The predicted molar refractivity (Wildman–Crippen MR) is 79.2 cm³/mol. The quantitative estimate of drug-likeness (QED) is 0.829. The number of rotatable bonds is 2. The van der Waals surface area contributed by atoms with Crippen LogP contribution in [0.5, 0.6) is 0 Å². The van der Waals surface area contributed by atoms with Gasteiger partial charge in [-0.3, -0.25) is 4.79 Å². The monoisotopic (exact) mass is 272 g/mol. The molecule has 0 bridgehead atoms. The number of hydrogen-bond acceptors (Lipinski definition) is 3. The Morgan fingerprint density at radius 1 is 1.30 bits per heavy atom. The van der Waals surface area contributed by atoms with Gasteiger partial charge in [0, 0.05) is 25.6 Å². The van der Waals surface area contributed by atoms with Crippen molar-refractivity contribution in [1.82, 2.24) is 9.71 Å². The minimum atomic E-state index is -0.488. The lowest BCUT2D eigenvalue weighted by Crippen LogP contribution is -2.57. The molecule has 1 N–H and O–H groups in total. The number of amides is 1. The SMILES string of the molecule is CB(O)N1CCN2C(=O)CCC2C1c1ccccc1C. The number of carbonyl (C=O) groups is 1. The van der Waals surface area contributed by atoms with Gasteiger partial charge in [-0.25, -0.2) is 0 Å². The molecule has 2 atom stereocenters. The second kappa shape index (κ2) is 5.22. The van der Waals surface area contributed by atoms with Gasteiger partial charge in [-0.1, -0.05) is 24.3 Å². The number of piperazine rings is 1. The highest BCUT2D eigenvalue weighted by Crippen LogP contribution is 2.38. The third-order valence-corrected chi connectivity index (χ3v) is 4.68. The third-order valence-electron chi connectivity index (χ3n) is 4.68. The molecular formula is C15H21BN2O2. The fraction of sp³-hybridized carbons (Fsp3) is 0.533. The van der Waals surface area contributed by atoms with Crippen LogP contribution in [0.15, 0.2) is 24.3 Å². The minimum absolute atomic E-state index is 0.108. The van der Waals surface area contributed by atoms with E-state index in [-0.39, 0.29) is 18.0 Å². The van der Waals surface area contributed by atoms with E-state index in [1.165, 1.54) is 11.1 Å². The van der Waals surface area contributed by atoms with Crippen molar-refractivity contribution in [2.45, 2.75) is 38.7 Å². The van der Waals surface area contributed by atoms with Gasteiger partial charge < -0.3 is 14.7 Å². The largest absolute Gasteiger partial charge is 0.437 e. The first kappa shape index (κ1) is 13.6. The van der Waals surface area contributed by atoms with Crippen molar-refractivity contribution in [2.24, 2.45) is 0 Å². The number of aryl methyl sites for hydroxylation is 1. The van der Waals surface area contributed by atoms with Crippen LogP contribution in [-0.2, 0) is 4.79 Å². The summed E-state index contributed by atoms with van der Waals surface area (Å²) in [5, 5.41) is 10.1. The van der Waals surface area contributed by atoms with Crippen molar-refractivity contribution in [3.05, 3.63) is 35.4 Å². The lowest BCUT2D eigenvalue weighted by atomic mass is 9.77. The summed E-state index contributed by atoms with van der Waals surface area (Å²) in [4.78, 5) is 16.1. The molecule has 3 rings (SSSR count). The van der Waals surface area contributed by atoms with E-state index in [9.17, 15) is 9.82 Å². The second-order valence-corrected chi connectivity index (χ2v) is 5.86. The van der Waals surface area contributed by atoms with Crippen LogP contribution in [0.2, 0.25) is 6.82 Å². The molecule has 2 heterocycles. The summed E-state index contributed by atoms with van der Waals surface area (Å²) in [7, 11) is -0.488. The highest BCUT2D eigenvalue weighted by Gasteiger charge is 2.45. The zero-order valence-corrected chi connectivity index (χ0v) is 12.1. The van der Waals surface area contributed by atoms with Crippen molar-refractivity contribution < 1.29 is 9.82 Å². The zero-order chi connectivity index (χ0) is 14.3. The molecule has 106 valence electrons. The highest BCUT2D eigenvalue weighted by molar-refractivity contribution is 6.45. The summed E-state index contributed by atoms with van der Waals surface area (Å²) >= 11 is 0. The Morgan fingerprint density at radius 2 is 2.05 bits per heavy atom. The van der Waals surface area contributed by atoms with E-state index in [1.54, 1.807) is 0 Å². The van der Waals surface area contributed by atoms with Crippen LogP contribution >= 0.6 is 0 Å². The molecule has 2 aliphatic rings. The fourth-order valence-electron chi connectivity index (χ4n) is 3.68. The van der Waals surface area contributed by atoms with E-state index in [0.29, 0.717) is 6.42 Å². The van der Waals surface area contributed by atoms with Crippen LogP contribution in [0, 0.1) is 6.92 Å². The van der Waals surface area contributed by atoms with Crippen LogP contribution in [0.25, 0.3) is 0 Å². The highest BCUT2D eigenvalue weighted by atomic mass is 16.2. The van der Waals surface area contributed by atoms with Gasteiger partial charge in [0.15, 0.2) is 0 Å². The third kappa shape index (κ3) is 2.15. The Balaban J connectivity index is 2.01. The van der Waals surface area contributed by atoms with Gasteiger partial charge in [-0.2, -0.15) is 0 Å². The number of fused-ring (bicyclic) bond motifs is 1. The fourth-order valence-corrected chi connectivity index (χ4v) is 3.68. The van der Waals surface area contributed by atoms with E-state index < -0.39 is 7.05 Å². The number of carbonyl (C=O) groups excluding carboxylic acids is 1. The Bertz CT molecular complexity index is 520. The van der Waals surface area contributed by atoms with Crippen molar-refractivity contribution in [3.63, 3.8) is 0 Å². The molecule has 1 aromatic carbocycles. The smallest absolute Gasteiger partial charge is 0.377 e. The van der Waals surface area contributed by atoms with Gasteiger partial charge in [0.2, 0.25) is 5.91 Å². The second-order valence-electron chi connectivity index (χ2n) is 5.86. The van der Waals surface area contributed by atoms with Gasteiger partial charge in [-0.15, -0.1) is 0 Å². The normalized spacial score (nSPS) is 26.8. The van der Waals surface area contributed by atoms with E-state index in [1.807, 2.05) is 23.9 Å². The molecule has 20 heavy (non-hydrogen) atoms. The van der Waals surface area contributed by atoms with E-state index in [2.05, 4.69) is 23.9 Å². The van der Waals surface area contributed by atoms with Crippen molar-refractivity contribution in [2.75, 3.05) is 13.1 Å². The molecule has 0 aliphatic carbocycles. The molecule has 1 aromatic rings. The van der Waals surface area contributed by atoms with E-state index in [4.69, 9.17) is 0 Å². The van der Waals surface area contributed by atoms with Gasteiger partial charge in [0.25, 0.3) is 0 Å². The Kier molecular flexibility index (Phi) is 3.56. The molecule has 2 fully saturated rings. The summed E-state index contributed by atoms with van der Waals surface area (Å²) in [5.74, 6) is 0.263. The number of nitrogens with zero attached hydrogens (tertiary/aromatic N) is 2. The lowest BCUT2D eigenvalue weighted by molar-refractivity contribution is -0.131. The van der Waals surface area contributed by atoms with Gasteiger partial charge >= 0.3 is 7.05 Å². The molecule has 2 unspecified atom stereocenters. The molecule has 4 nitrogen and oxygen atoms in total. The van der Waals surface area contributed by atoms with Crippen LogP contribution in [0.1, 0.15) is 30.0 Å². The first-order valence-corrected chi connectivity index (χ1v) is 7.38. The van der Waals surface area contributed by atoms with Gasteiger partial charge in [0.1, 0.15) is 0 Å². The van der Waals surface area contributed by atoms with Crippen LogP contribution in [0.3, 0.4) is 0 Å². The number of hydrogen-bond donors (Lipinski definition) is 1.